The van der Waals surface area contributed by atoms with Gasteiger partial charge in [0.15, 0.2) is 0 Å². The van der Waals surface area contributed by atoms with Crippen molar-refractivity contribution < 1.29 is 29.0 Å². The summed E-state index contributed by atoms with van der Waals surface area (Å²) in [5.74, 6) is -1.92. The highest BCUT2D eigenvalue weighted by Crippen LogP contribution is 2.27. The third kappa shape index (κ3) is 6.58. The molecule has 0 heterocycles. The number of benzene rings is 1. The number of carbonyl (C=O) groups is 3. The van der Waals surface area contributed by atoms with Crippen molar-refractivity contribution in [2.75, 3.05) is 6.61 Å². The Morgan fingerprint density at radius 1 is 1.07 bits per heavy atom. The van der Waals surface area contributed by atoms with Gasteiger partial charge in [-0.15, -0.1) is 0 Å². The second-order valence-electron chi connectivity index (χ2n) is 6.83. The zero-order valence-corrected chi connectivity index (χ0v) is 16.4. The minimum Gasteiger partial charge on any atom is -0.481 e. The number of ether oxygens (including phenoxy) is 2. The topological polar surface area (TPSA) is 102 Å². The Morgan fingerprint density at radius 3 is 2.15 bits per heavy atom. The van der Waals surface area contributed by atoms with E-state index in [1.54, 1.807) is 27.7 Å². The molecule has 0 fully saturated rings. The van der Waals surface area contributed by atoms with E-state index >= 15 is 0 Å². The molecule has 0 aliphatic rings. The molecule has 1 aromatic carbocycles. The summed E-state index contributed by atoms with van der Waals surface area (Å²) in [7, 11) is 0. The molecule has 0 aliphatic carbocycles. The van der Waals surface area contributed by atoms with E-state index in [1.807, 2.05) is 30.3 Å². The third-order valence-electron chi connectivity index (χ3n) is 4.70. The Balaban J connectivity index is 2.64. The quantitative estimate of drug-likeness (QED) is 0.604. The fourth-order valence-electron chi connectivity index (χ4n) is 2.51. The minimum absolute atomic E-state index is 0.0837. The van der Waals surface area contributed by atoms with Crippen LogP contribution in [0.2, 0.25) is 0 Å². The van der Waals surface area contributed by atoms with Crippen molar-refractivity contribution >= 4 is 18.0 Å². The molecule has 1 atom stereocenters. The Hall–Kier alpha value is -2.57. The van der Waals surface area contributed by atoms with E-state index in [9.17, 15) is 19.5 Å². The van der Waals surface area contributed by atoms with E-state index in [0.29, 0.717) is 12.8 Å². The smallest absolute Gasteiger partial charge is 0.408 e. The zero-order valence-electron chi connectivity index (χ0n) is 16.4. The highest BCUT2D eigenvalue weighted by molar-refractivity contribution is 5.82. The van der Waals surface area contributed by atoms with Crippen molar-refractivity contribution in [1.29, 1.82) is 0 Å². The van der Waals surface area contributed by atoms with Gasteiger partial charge in [-0.2, -0.15) is 0 Å². The largest absolute Gasteiger partial charge is 0.481 e. The van der Waals surface area contributed by atoms with E-state index in [0.717, 1.165) is 5.56 Å². The lowest BCUT2D eigenvalue weighted by atomic mass is 9.83. The highest BCUT2D eigenvalue weighted by atomic mass is 16.6. The van der Waals surface area contributed by atoms with Gasteiger partial charge in [-0.3, -0.25) is 4.79 Å². The summed E-state index contributed by atoms with van der Waals surface area (Å²) in [6.07, 6.45) is -0.0549. The second-order valence-corrected chi connectivity index (χ2v) is 6.83. The molecule has 0 unspecified atom stereocenters. The molecule has 7 nitrogen and oxygen atoms in total. The molecule has 0 bridgehead atoms. The predicted molar refractivity (Wildman–Crippen MR) is 100.0 cm³/mol. The molecular weight excluding hydrogens is 350 g/mol. The van der Waals surface area contributed by atoms with Crippen molar-refractivity contribution in [2.45, 2.75) is 53.2 Å². The molecule has 0 radical (unpaired) electrons. The summed E-state index contributed by atoms with van der Waals surface area (Å²) in [6, 6.07) is 8.25. The molecule has 0 aliphatic heterocycles. The van der Waals surface area contributed by atoms with Crippen LogP contribution in [0.4, 0.5) is 4.79 Å². The standard InChI is InChI=1S/C20H29NO6/c1-5-20(6-2,18(23)24)13-27-17(22)16(14(3)4)21-19(25)26-12-15-10-8-7-9-11-15/h7-11,14,16H,5-6,12-13H2,1-4H3,(H,21,25)(H,23,24)/t16-/m0/s1. The number of hydrogen-bond acceptors (Lipinski definition) is 5. The van der Waals surface area contributed by atoms with Gasteiger partial charge in [0.2, 0.25) is 0 Å². The molecule has 1 rings (SSSR count). The van der Waals surface area contributed by atoms with E-state index in [-0.39, 0.29) is 19.1 Å². The molecule has 1 amide bonds. The number of alkyl carbamates (subject to hydrolysis) is 1. The molecule has 150 valence electrons. The van der Waals surface area contributed by atoms with E-state index in [1.165, 1.54) is 0 Å². The first-order valence-corrected chi connectivity index (χ1v) is 9.13. The van der Waals surface area contributed by atoms with Crippen LogP contribution in [0.3, 0.4) is 0 Å². The van der Waals surface area contributed by atoms with Crippen LogP contribution in [-0.4, -0.2) is 35.8 Å². The fourth-order valence-corrected chi connectivity index (χ4v) is 2.51. The molecular formula is C20H29NO6. The van der Waals surface area contributed by atoms with Crippen LogP contribution in [0.5, 0.6) is 0 Å². The van der Waals surface area contributed by atoms with Gasteiger partial charge >= 0.3 is 18.0 Å². The Morgan fingerprint density at radius 2 is 1.67 bits per heavy atom. The Kier molecular flexibility index (Phi) is 8.78. The van der Waals surface area contributed by atoms with Crippen molar-refractivity contribution in [3.8, 4) is 0 Å². The third-order valence-corrected chi connectivity index (χ3v) is 4.70. The molecule has 0 aromatic heterocycles. The number of nitrogens with one attached hydrogen (secondary N) is 1. The van der Waals surface area contributed by atoms with Crippen LogP contribution in [0.15, 0.2) is 30.3 Å². The number of esters is 1. The molecule has 0 spiro atoms. The summed E-state index contributed by atoms with van der Waals surface area (Å²) in [4.78, 5) is 35.9. The molecule has 27 heavy (non-hydrogen) atoms. The molecule has 0 saturated heterocycles. The number of carbonyl (C=O) groups excluding carboxylic acids is 2. The van der Waals surface area contributed by atoms with Gasteiger partial charge in [-0.1, -0.05) is 58.0 Å². The Labute approximate surface area is 160 Å². The maximum Gasteiger partial charge on any atom is 0.408 e. The van der Waals surface area contributed by atoms with Crippen molar-refractivity contribution in [3.63, 3.8) is 0 Å². The van der Waals surface area contributed by atoms with Crippen LogP contribution in [0.25, 0.3) is 0 Å². The van der Waals surface area contributed by atoms with Crippen LogP contribution < -0.4 is 5.32 Å². The Bertz CT molecular complexity index is 625. The first kappa shape index (κ1) is 22.5. The monoisotopic (exact) mass is 379 g/mol. The maximum absolute atomic E-state index is 12.4. The summed E-state index contributed by atoms with van der Waals surface area (Å²) in [6.45, 7) is 6.84. The van der Waals surface area contributed by atoms with E-state index in [4.69, 9.17) is 9.47 Å². The highest BCUT2D eigenvalue weighted by Gasteiger charge is 2.37. The van der Waals surface area contributed by atoms with Crippen LogP contribution in [0.1, 0.15) is 46.1 Å². The molecule has 1 aromatic rings. The lowest BCUT2D eigenvalue weighted by Gasteiger charge is -2.28. The van der Waals surface area contributed by atoms with Crippen molar-refractivity contribution in [1.82, 2.24) is 5.32 Å². The number of hydrogen-bond donors (Lipinski definition) is 2. The first-order chi connectivity index (χ1) is 12.8. The van der Waals surface area contributed by atoms with Crippen LogP contribution >= 0.6 is 0 Å². The number of rotatable bonds is 10. The number of amides is 1. The normalized spacial score (nSPS) is 12.3. The summed E-state index contributed by atoms with van der Waals surface area (Å²) in [5.41, 5.74) is -0.293. The number of carboxylic acid groups (broad SMARTS) is 1. The fraction of sp³-hybridized carbons (Fsp3) is 0.550. The minimum atomic E-state index is -1.12. The van der Waals surface area contributed by atoms with Crippen LogP contribution in [-0.2, 0) is 25.7 Å². The van der Waals surface area contributed by atoms with Gasteiger partial charge in [0.1, 0.15) is 24.7 Å². The SMILES string of the molecule is CCC(CC)(COC(=O)[C@@H](NC(=O)OCc1ccccc1)C(C)C)C(=O)O. The van der Waals surface area contributed by atoms with Crippen molar-refractivity contribution in [3.05, 3.63) is 35.9 Å². The van der Waals surface area contributed by atoms with Gasteiger partial charge < -0.3 is 19.9 Å². The average Bonchev–Trinajstić information content (AvgIpc) is 2.65. The first-order valence-electron chi connectivity index (χ1n) is 9.13. The lowest BCUT2D eigenvalue weighted by Crippen LogP contribution is -2.47. The van der Waals surface area contributed by atoms with E-state index in [2.05, 4.69) is 5.32 Å². The summed E-state index contributed by atoms with van der Waals surface area (Å²) < 4.78 is 10.4. The average molecular weight is 379 g/mol. The zero-order chi connectivity index (χ0) is 20.4. The molecule has 7 heteroatoms. The van der Waals surface area contributed by atoms with Gasteiger partial charge in [0.25, 0.3) is 0 Å². The van der Waals surface area contributed by atoms with E-state index < -0.39 is 29.5 Å². The lowest BCUT2D eigenvalue weighted by molar-refractivity contribution is -0.161. The molecule has 2 N–H and O–H groups in total. The maximum atomic E-state index is 12.4. The number of aliphatic carboxylic acids is 1. The number of carboxylic acids is 1. The van der Waals surface area contributed by atoms with Gasteiger partial charge in [0, 0.05) is 0 Å². The summed E-state index contributed by atoms with van der Waals surface area (Å²) >= 11 is 0. The van der Waals surface area contributed by atoms with Gasteiger partial charge in [-0.25, -0.2) is 9.59 Å². The predicted octanol–water partition coefficient (Wildman–Crippen LogP) is 3.37. The second kappa shape index (κ2) is 10.5. The van der Waals surface area contributed by atoms with Crippen LogP contribution in [0, 0.1) is 11.3 Å². The van der Waals surface area contributed by atoms with Crippen molar-refractivity contribution in [2.24, 2.45) is 11.3 Å². The van der Waals surface area contributed by atoms with Gasteiger partial charge in [-0.05, 0) is 24.3 Å². The summed E-state index contributed by atoms with van der Waals surface area (Å²) in [5, 5.41) is 11.9. The molecule has 0 saturated carbocycles. The van der Waals surface area contributed by atoms with Gasteiger partial charge in [0.05, 0.1) is 0 Å².